The molecule has 9 heteroatoms. The summed E-state index contributed by atoms with van der Waals surface area (Å²) in [5, 5.41) is 15.3. The Balaban J connectivity index is 1.67. The number of hydrogen-bond donors (Lipinski definition) is 3. The van der Waals surface area contributed by atoms with Gasteiger partial charge in [0.2, 0.25) is 5.91 Å². The van der Waals surface area contributed by atoms with Gasteiger partial charge in [-0.2, -0.15) is 0 Å². The molecule has 0 heterocycles. The Kier molecular flexibility index (Phi) is 10.2. The average molecular weight is 535 g/mol. The average Bonchev–Trinajstić information content (AvgIpc) is 3.34. The summed E-state index contributed by atoms with van der Waals surface area (Å²) in [6.07, 6.45) is 5.86. The van der Waals surface area contributed by atoms with Crippen molar-refractivity contribution in [2.24, 2.45) is 5.41 Å². The van der Waals surface area contributed by atoms with Crippen LogP contribution in [0.1, 0.15) is 60.9 Å². The quantitative estimate of drug-likeness (QED) is 0.272. The van der Waals surface area contributed by atoms with Crippen LogP contribution in [-0.2, 0) is 20.7 Å². The number of esters is 1. The molecule has 1 aliphatic carbocycles. The first-order chi connectivity index (χ1) is 17.3. The Morgan fingerprint density at radius 1 is 1.03 bits per heavy atom. The molecule has 1 unspecified atom stereocenters. The maximum absolute atomic E-state index is 13.3. The molecule has 2 aromatic rings. The van der Waals surface area contributed by atoms with Crippen molar-refractivity contribution in [1.29, 1.82) is 0 Å². The highest BCUT2D eigenvalue weighted by molar-refractivity contribution is 6.40. The van der Waals surface area contributed by atoms with Gasteiger partial charge in [0, 0.05) is 24.1 Å². The summed E-state index contributed by atoms with van der Waals surface area (Å²) in [7, 11) is 1.30. The number of nitrogens with one attached hydrogen (secondary N) is 2. The zero-order valence-corrected chi connectivity index (χ0v) is 21.8. The van der Waals surface area contributed by atoms with Gasteiger partial charge in [0.25, 0.3) is 5.91 Å². The molecule has 0 radical (unpaired) electrons. The molecule has 1 atom stereocenters. The van der Waals surface area contributed by atoms with Crippen molar-refractivity contribution in [1.82, 2.24) is 5.32 Å². The second-order valence-electron chi connectivity index (χ2n) is 9.17. The van der Waals surface area contributed by atoms with E-state index >= 15 is 0 Å². The molecule has 1 aliphatic rings. The molecule has 3 N–H and O–H groups in total. The minimum atomic E-state index is -0.833. The lowest BCUT2D eigenvalue weighted by molar-refractivity contribution is -0.146. The van der Waals surface area contributed by atoms with Gasteiger partial charge < -0.3 is 20.5 Å². The number of halogens is 2. The number of hydrogen-bond acceptors (Lipinski definition) is 5. The molecule has 36 heavy (non-hydrogen) atoms. The number of amides is 2. The number of carbonyl (C=O) groups is 3. The number of rotatable bonds is 11. The summed E-state index contributed by atoms with van der Waals surface area (Å²) < 4.78 is 4.96. The maximum atomic E-state index is 13.3. The Labute approximate surface area is 221 Å². The van der Waals surface area contributed by atoms with Gasteiger partial charge in [0.05, 0.1) is 22.7 Å². The predicted octanol–water partition coefficient (Wildman–Crippen LogP) is 5.17. The third-order valence-electron chi connectivity index (χ3n) is 6.74. The summed E-state index contributed by atoms with van der Waals surface area (Å²) in [5.74, 6) is -1.08. The highest BCUT2D eigenvalue weighted by atomic mass is 35.5. The van der Waals surface area contributed by atoms with E-state index < -0.39 is 23.3 Å². The first-order valence-electron chi connectivity index (χ1n) is 12.1. The topological polar surface area (TPSA) is 105 Å². The molecule has 1 saturated carbocycles. The lowest BCUT2D eigenvalue weighted by atomic mass is 9.79. The molecule has 0 bridgehead atoms. The first-order valence-corrected chi connectivity index (χ1v) is 12.9. The minimum Gasteiger partial charge on any atom is -0.467 e. The van der Waals surface area contributed by atoms with E-state index in [9.17, 15) is 14.4 Å². The van der Waals surface area contributed by atoms with Crippen LogP contribution in [0.4, 0.5) is 5.69 Å². The largest absolute Gasteiger partial charge is 0.467 e. The third-order valence-corrected chi connectivity index (χ3v) is 7.37. The van der Waals surface area contributed by atoms with Crippen LogP contribution in [-0.4, -0.2) is 42.6 Å². The molecular weight excluding hydrogens is 503 g/mol. The number of methoxy groups -OCH3 is 1. The smallest absolute Gasteiger partial charge is 0.328 e. The first kappa shape index (κ1) is 28.0. The lowest BCUT2D eigenvalue weighted by Crippen LogP contribution is -2.49. The van der Waals surface area contributed by atoms with E-state index in [1.165, 1.54) is 7.11 Å². The Hall–Kier alpha value is -2.61. The van der Waals surface area contributed by atoms with Crippen LogP contribution >= 0.6 is 23.2 Å². The molecule has 3 rings (SSSR count). The molecule has 1 fully saturated rings. The van der Waals surface area contributed by atoms with E-state index in [1.54, 1.807) is 42.5 Å². The van der Waals surface area contributed by atoms with E-state index in [0.717, 1.165) is 37.7 Å². The number of anilines is 1. The van der Waals surface area contributed by atoms with E-state index in [2.05, 4.69) is 10.6 Å². The predicted molar refractivity (Wildman–Crippen MR) is 140 cm³/mol. The summed E-state index contributed by atoms with van der Waals surface area (Å²) in [4.78, 5) is 38.4. The van der Waals surface area contributed by atoms with Crippen molar-refractivity contribution in [3.63, 3.8) is 0 Å². The van der Waals surface area contributed by atoms with Crippen molar-refractivity contribution < 1.29 is 24.2 Å². The zero-order valence-electron chi connectivity index (χ0n) is 20.3. The highest BCUT2D eigenvalue weighted by Gasteiger charge is 2.41. The van der Waals surface area contributed by atoms with Crippen molar-refractivity contribution >= 4 is 46.7 Å². The molecule has 0 aromatic heterocycles. The fourth-order valence-corrected chi connectivity index (χ4v) is 5.30. The second-order valence-corrected chi connectivity index (χ2v) is 9.98. The van der Waals surface area contributed by atoms with E-state index in [4.69, 9.17) is 33.0 Å². The zero-order chi connectivity index (χ0) is 26.1. The van der Waals surface area contributed by atoms with Crippen LogP contribution in [0.5, 0.6) is 0 Å². The number of carbonyl (C=O) groups excluding carboxylic acids is 3. The molecule has 2 aromatic carbocycles. The van der Waals surface area contributed by atoms with Crippen LogP contribution in [0.3, 0.4) is 0 Å². The second kappa shape index (κ2) is 13.1. The Morgan fingerprint density at radius 2 is 1.67 bits per heavy atom. The van der Waals surface area contributed by atoms with Crippen LogP contribution in [0.25, 0.3) is 0 Å². The lowest BCUT2D eigenvalue weighted by Gasteiger charge is -2.30. The standard InChI is InChI=1S/C27H32Cl2N2O5/c1-36-25(34)22(31-26(35)27(13-2-3-14-27)15-4-5-16-32)17-18-9-11-19(12-10-18)30-24(33)23-20(28)7-6-8-21(23)29/h6-12,22,32H,2-5,13-17H2,1H3,(H,30,33)(H,31,35). The van der Waals surface area contributed by atoms with Crippen molar-refractivity contribution in [2.75, 3.05) is 19.0 Å². The number of benzene rings is 2. The molecular formula is C27H32Cl2N2O5. The minimum absolute atomic E-state index is 0.102. The van der Waals surface area contributed by atoms with Gasteiger partial charge in [0.15, 0.2) is 0 Å². The van der Waals surface area contributed by atoms with E-state index in [1.807, 2.05) is 0 Å². The number of aliphatic hydroxyl groups excluding tert-OH is 1. The fourth-order valence-electron chi connectivity index (χ4n) is 4.73. The van der Waals surface area contributed by atoms with E-state index in [0.29, 0.717) is 18.5 Å². The molecule has 0 aliphatic heterocycles. The van der Waals surface area contributed by atoms with Gasteiger partial charge in [-0.25, -0.2) is 4.79 Å². The molecule has 194 valence electrons. The Bertz CT molecular complexity index is 1050. The van der Waals surface area contributed by atoms with Crippen molar-refractivity contribution in [2.45, 2.75) is 57.4 Å². The van der Waals surface area contributed by atoms with Crippen LogP contribution < -0.4 is 10.6 Å². The third kappa shape index (κ3) is 6.99. The monoisotopic (exact) mass is 534 g/mol. The fraction of sp³-hybridized carbons (Fsp3) is 0.444. The Morgan fingerprint density at radius 3 is 2.25 bits per heavy atom. The summed E-state index contributed by atoms with van der Waals surface area (Å²) in [5.41, 5.74) is 1.01. The summed E-state index contributed by atoms with van der Waals surface area (Å²) in [6, 6.07) is 11.0. The molecule has 2 amide bonds. The van der Waals surface area contributed by atoms with Crippen LogP contribution in [0.15, 0.2) is 42.5 Å². The van der Waals surface area contributed by atoms with Gasteiger partial charge in [-0.1, -0.05) is 60.7 Å². The normalized spacial score (nSPS) is 15.2. The van der Waals surface area contributed by atoms with Gasteiger partial charge >= 0.3 is 5.97 Å². The van der Waals surface area contributed by atoms with Gasteiger partial charge in [0.1, 0.15) is 6.04 Å². The SMILES string of the molecule is COC(=O)C(Cc1ccc(NC(=O)c2c(Cl)cccc2Cl)cc1)NC(=O)C1(CCCCO)CCCC1. The molecule has 0 spiro atoms. The highest BCUT2D eigenvalue weighted by Crippen LogP contribution is 2.42. The van der Waals surface area contributed by atoms with Crippen LogP contribution in [0.2, 0.25) is 10.0 Å². The van der Waals surface area contributed by atoms with Crippen molar-refractivity contribution in [3.8, 4) is 0 Å². The van der Waals surface area contributed by atoms with Gasteiger partial charge in [-0.15, -0.1) is 0 Å². The number of aliphatic hydroxyl groups is 1. The maximum Gasteiger partial charge on any atom is 0.328 e. The molecule has 0 saturated heterocycles. The van der Waals surface area contributed by atoms with E-state index in [-0.39, 0.29) is 34.5 Å². The number of unbranched alkanes of at least 4 members (excludes halogenated alkanes) is 1. The van der Waals surface area contributed by atoms with Gasteiger partial charge in [-0.05, 0) is 55.5 Å². The summed E-state index contributed by atoms with van der Waals surface area (Å²) in [6.45, 7) is 0.102. The molecule has 7 nitrogen and oxygen atoms in total. The summed E-state index contributed by atoms with van der Waals surface area (Å²) >= 11 is 12.2. The van der Waals surface area contributed by atoms with Crippen LogP contribution in [0, 0.1) is 5.41 Å². The van der Waals surface area contributed by atoms with Gasteiger partial charge in [-0.3, -0.25) is 9.59 Å². The number of ether oxygens (including phenoxy) is 1. The van der Waals surface area contributed by atoms with Crippen molar-refractivity contribution in [3.05, 3.63) is 63.6 Å².